The van der Waals surface area contributed by atoms with Crippen molar-refractivity contribution in [1.29, 1.82) is 0 Å². The van der Waals surface area contributed by atoms with Gasteiger partial charge in [-0.15, -0.1) is 0 Å². The third-order valence-corrected chi connectivity index (χ3v) is 13.0. The van der Waals surface area contributed by atoms with Crippen molar-refractivity contribution in [2.75, 3.05) is 12.3 Å². The molecule has 0 spiro atoms. The Labute approximate surface area is 161 Å². The van der Waals surface area contributed by atoms with Gasteiger partial charge in [0.25, 0.3) is 0 Å². The van der Waals surface area contributed by atoms with E-state index in [0.29, 0.717) is 26.5 Å². The number of hydrogen-bond acceptors (Lipinski definition) is 0. The normalized spacial score (nSPS) is 19.9. The van der Waals surface area contributed by atoms with Gasteiger partial charge >= 0.3 is 0 Å². The fourth-order valence-corrected chi connectivity index (χ4v) is 11.8. The number of allylic oxidation sites excluding steroid dienone is 4. The summed E-state index contributed by atoms with van der Waals surface area (Å²) in [6, 6.07) is 0. The van der Waals surface area contributed by atoms with Crippen molar-refractivity contribution in [3.8, 4) is 0 Å². The first-order valence-corrected chi connectivity index (χ1v) is 12.9. The molecule has 1 rings (SSSR count). The molecule has 0 N–H and O–H groups in total. The van der Waals surface area contributed by atoms with Crippen LogP contribution in [0.25, 0.3) is 0 Å². The second-order valence-corrected chi connectivity index (χ2v) is 19.4. The maximum Gasteiger partial charge on any atom is 0.00261 e. The Balaban J connectivity index is 3.01. The standard InChI is InChI=1S/C23H44P2/c1-20(2,3)24(21(4,5)6)16-18-14-13-15-19(18)17-25(22(7,8)9)23(10,11)12/h13-15,18H,16-17H2,1-12H3. The van der Waals surface area contributed by atoms with Crippen LogP contribution in [0.3, 0.4) is 0 Å². The molecule has 0 heterocycles. The van der Waals surface area contributed by atoms with Gasteiger partial charge in [0.15, 0.2) is 0 Å². The molecule has 25 heavy (non-hydrogen) atoms. The van der Waals surface area contributed by atoms with Gasteiger partial charge in [-0.25, -0.2) is 0 Å². The van der Waals surface area contributed by atoms with Gasteiger partial charge in [0, 0.05) is 5.92 Å². The minimum absolute atomic E-state index is 0.0465. The summed E-state index contributed by atoms with van der Waals surface area (Å²) in [7, 11) is -0.109. The molecule has 1 aliphatic carbocycles. The molecule has 0 radical (unpaired) electrons. The van der Waals surface area contributed by atoms with Crippen LogP contribution in [0.1, 0.15) is 83.1 Å². The van der Waals surface area contributed by atoms with E-state index >= 15 is 0 Å². The average Bonchev–Trinajstić information content (AvgIpc) is 2.74. The topological polar surface area (TPSA) is 0 Å². The van der Waals surface area contributed by atoms with Crippen molar-refractivity contribution in [3.63, 3.8) is 0 Å². The predicted octanol–water partition coefficient (Wildman–Crippen LogP) is 8.26. The molecule has 0 saturated heterocycles. The fraction of sp³-hybridized carbons (Fsp3) is 0.826. The van der Waals surface area contributed by atoms with Crippen LogP contribution in [0.4, 0.5) is 0 Å². The Morgan fingerprint density at radius 1 is 0.680 bits per heavy atom. The summed E-state index contributed by atoms with van der Waals surface area (Å²) in [6.45, 7) is 29.3. The Morgan fingerprint density at radius 2 is 1.08 bits per heavy atom. The van der Waals surface area contributed by atoms with Crippen molar-refractivity contribution in [1.82, 2.24) is 0 Å². The molecule has 0 nitrogen and oxygen atoms in total. The van der Waals surface area contributed by atoms with Gasteiger partial charge < -0.3 is 0 Å². The molecule has 0 aliphatic heterocycles. The monoisotopic (exact) mass is 382 g/mol. The van der Waals surface area contributed by atoms with Gasteiger partial charge in [-0.05, 0) is 32.9 Å². The van der Waals surface area contributed by atoms with Crippen molar-refractivity contribution in [2.24, 2.45) is 5.92 Å². The van der Waals surface area contributed by atoms with Crippen LogP contribution in [-0.4, -0.2) is 32.9 Å². The third-order valence-electron chi connectivity index (χ3n) is 5.09. The summed E-state index contributed by atoms with van der Waals surface area (Å²) < 4.78 is 0. The molecule has 0 saturated carbocycles. The van der Waals surface area contributed by atoms with E-state index in [4.69, 9.17) is 0 Å². The van der Waals surface area contributed by atoms with Crippen LogP contribution in [0.2, 0.25) is 0 Å². The molecule has 1 unspecified atom stereocenters. The SMILES string of the molecule is CC(C)(C)P(CC1=CC=CC1CP(C(C)(C)C)C(C)(C)C)C(C)(C)C. The Bertz CT molecular complexity index is 470. The lowest BCUT2D eigenvalue weighted by Gasteiger charge is -2.45. The van der Waals surface area contributed by atoms with E-state index < -0.39 is 0 Å². The summed E-state index contributed by atoms with van der Waals surface area (Å²) in [5.41, 5.74) is 1.71. The molecule has 0 aromatic heterocycles. The van der Waals surface area contributed by atoms with Crippen LogP contribution >= 0.6 is 15.8 Å². The molecule has 1 atom stereocenters. The highest BCUT2D eigenvalue weighted by Crippen LogP contribution is 2.63. The Morgan fingerprint density at radius 3 is 1.44 bits per heavy atom. The molecular weight excluding hydrogens is 338 g/mol. The lowest BCUT2D eigenvalue weighted by Crippen LogP contribution is -2.30. The summed E-state index contributed by atoms with van der Waals surface area (Å²) >= 11 is 0. The van der Waals surface area contributed by atoms with E-state index in [1.54, 1.807) is 5.57 Å². The van der Waals surface area contributed by atoms with Crippen molar-refractivity contribution < 1.29 is 0 Å². The van der Waals surface area contributed by atoms with Crippen LogP contribution in [0.15, 0.2) is 23.8 Å². The van der Waals surface area contributed by atoms with Crippen LogP contribution < -0.4 is 0 Å². The smallest absolute Gasteiger partial charge is 0.00261 e. The van der Waals surface area contributed by atoms with Crippen LogP contribution in [0, 0.1) is 5.92 Å². The molecule has 1 aliphatic rings. The lowest BCUT2D eigenvalue weighted by atomic mass is 10.1. The fourth-order valence-electron chi connectivity index (χ4n) is 4.32. The molecule has 146 valence electrons. The number of hydrogen-bond donors (Lipinski definition) is 0. The predicted molar refractivity (Wildman–Crippen MR) is 123 cm³/mol. The average molecular weight is 383 g/mol. The van der Waals surface area contributed by atoms with Gasteiger partial charge in [-0.1, -0.05) is 123 Å². The van der Waals surface area contributed by atoms with E-state index in [1.807, 2.05) is 0 Å². The highest BCUT2D eigenvalue weighted by atomic mass is 31.1. The van der Waals surface area contributed by atoms with Crippen LogP contribution in [0.5, 0.6) is 0 Å². The lowest BCUT2D eigenvalue weighted by molar-refractivity contribution is 0.688. The van der Waals surface area contributed by atoms with E-state index in [1.165, 1.54) is 12.3 Å². The largest absolute Gasteiger partial charge is 0.0947 e. The molecule has 0 aromatic rings. The van der Waals surface area contributed by atoms with Crippen molar-refractivity contribution >= 4 is 15.8 Å². The molecule has 0 bridgehead atoms. The van der Waals surface area contributed by atoms with Crippen molar-refractivity contribution in [3.05, 3.63) is 23.8 Å². The second kappa shape index (κ2) is 7.76. The first-order chi connectivity index (χ1) is 10.9. The molecule has 2 heteroatoms. The highest BCUT2D eigenvalue weighted by molar-refractivity contribution is 7.61. The maximum atomic E-state index is 2.49. The van der Waals surface area contributed by atoms with Gasteiger partial charge in [0.1, 0.15) is 0 Å². The van der Waals surface area contributed by atoms with E-state index in [-0.39, 0.29) is 15.8 Å². The summed E-state index contributed by atoms with van der Waals surface area (Å²) in [5.74, 6) is 0.666. The van der Waals surface area contributed by atoms with E-state index in [2.05, 4.69) is 101 Å². The Kier molecular flexibility index (Phi) is 7.26. The zero-order valence-corrected chi connectivity index (χ0v) is 20.9. The van der Waals surface area contributed by atoms with Gasteiger partial charge in [0.05, 0.1) is 0 Å². The van der Waals surface area contributed by atoms with E-state index in [9.17, 15) is 0 Å². The second-order valence-electron chi connectivity index (χ2n) is 11.6. The molecule has 0 fully saturated rings. The van der Waals surface area contributed by atoms with Gasteiger partial charge in [-0.3, -0.25) is 0 Å². The molecule has 0 amide bonds. The highest BCUT2D eigenvalue weighted by Gasteiger charge is 2.39. The zero-order chi connectivity index (χ0) is 19.8. The first kappa shape index (κ1) is 23.4. The minimum Gasteiger partial charge on any atom is -0.0947 e. The summed E-state index contributed by atoms with van der Waals surface area (Å²) in [5, 5.41) is 1.63. The molecular formula is C23H44P2. The summed E-state index contributed by atoms with van der Waals surface area (Å²) in [6.07, 6.45) is 9.91. The summed E-state index contributed by atoms with van der Waals surface area (Å²) in [4.78, 5) is 0. The van der Waals surface area contributed by atoms with Gasteiger partial charge in [-0.2, -0.15) is 0 Å². The maximum absolute atomic E-state index is 2.49. The zero-order valence-electron chi connectivity index (χ0n) is 19.1. The minimum atomic E-state index is -0.0627. The number of rotatable bonds is 4. The van der Waals surface area contributed by atoms with E-state index in [0.717, 1.165) is 0 Å². The van der Waals surface area contributed by atoms with Crippen LogP contribution in [-0.2, 0) is 0 Å². The quantitative estimate of drug-likeness (QED) is 0.429. The van der Waals surface area contributed by atoms with Crippen molar-refractivity contribution in [2.45, 2.75) is 104 Å². The molecule has 0 aromatic carbocycles. The first-order valence-electron chi connectivity index (χ1n) is 9.87. The van der Waals surface area contributed by atoms with Gasteiger partial charge in [0.2, 0.25) is 0 Å². The third kappa shape index (κ3) is 6.78. The Hall–Kier alpha value is 0.340.